The molecule has 0 bridgehead atoms. The van der Waals surface area contributed by atoms with E-state index in [0.717, 1.165) is 31.1 Å². The minimum Gasteiger partial charge on any atom is -0.381 e. The molecule has 1 aliphatic carbocycles. The van der Waals surface area contributed by atoms with Gasteiger partial charge < -0.3 is 4.74 Å². The van der Waals surface area contributed by atoms with Gasteiger partial charge in [0.15, 0.2) is 0 Å². The molecule has 0 saturated heterocycles. The van der Waals surface area contributed by atoms with Gasteiger partial charge in [-0.1, -0.05) is 31.2 Å². The lowest BCUT2D eigenvalue weighted by Gasteiger charge is -2.28. The van der Waals surface area contributed by atoms with Gasteiger partial charge in [0.1, 0.15) is 0 Å². The van der Waals surface area contributed by atoms with Crippen molar-refractivity contribution in [3.05, 3.63) is 47.5 Å². The summed E-state index contributed by atoms with van der Waals surface area (Å²) >= 11 is 0. The van der Waals surface area contributed by atoms with Gasteiger partial charge in [0, 0.05) is 13.2 Å². The summed E-state index contributed by atoms with van der Waals surface area (Å²) in [4.78, 5) is 0. The minimum absolute atomic E-state index is 0.682. The molecule has 0 atom stereocenters. The normalized spacial score (nSPS) is 20.6. The first-order valence-corrected chi connectivity index (χ1v) is 10.1. The fourth-order valence-corrected chi connectivity index (χ4v) is 3.72. The highest BCUT2D eigenvalue weighted by Crippen LogP contribution is 2.37. The molecule has 1 fully saturated rings. The van der Waals surface area contributed by atoms with Crippen molar-refractivity contribution in [1.82, 2.24) is 0 Å². The molecule has 0 heterocycles. The van der Waals surface area contributed by atoms with Crippen molar-refractivity contribution in [1.29, 1.82) is 5.26 Å². The van der Waals surface area contributed by atoms with Crippen LogP contribution in [0.2, 0.25) is 0 Å². The third-order valence-electron chi connectivity index (χ3n) is 5.34. The maximum Gasteiger partial charge on any atom is 0.0991 e. The molecule has 0 spiro atoms. The molecule has 0 aromatic heterocycles. The molecule has 0 N–H and O–H groups in total. The lowest BCUT2D eigenvalue weighted by molar-refractivity contribution is 0.109. The molecule has 1 aromatic rings. The zero-order chi connectivity index (χ0) is 17.7. The first kappa shape index (κ1) is 19.7. The second kappa shape index (κ2) is 11.9. The van der Waals surface area contributed by atoms with E-state index < -0.39 is 0 Å². The Balaban J connectivity index is 1.53. The van der Waals surface area contributed by atoms with Gasteiger partial charge in [-0.3, -0.25) is 0 Å². The van der Waals surface area contributed by atoms with Crippen LogP contribution in [0.3, 0.4) is 0 Å². The summed E-state index contributed by atoms with van der Waals surface area (Å²) in [5, 5.41) is 8.89. The van der Waals surface area contributed by atoms with Crippen molar-refractivity contribution >= 4 is 0 Å². The zero-order valence-corrected chi connectivity index (χ0v) is 15.8. The van der Waals surface area contributed by atoms with Crippen molar-refractivity contribution < 1.29 is 4.74 Å². The van der Waals surface area contributed by atoms with Gasteiger partial charge in [0.05, 0.1) is 11.6 Å². The van der Waals surface area contributed by atoms with Gasteiger partial charge in [0.25, 0.3) is 0 Å². The van der Waals surface area contributed by atoms with Crippen LogP contribution in [-0.4, -0.2) is 13.2 Å². The van der Waals surface area contributed by atoms with E-state index >= 15 is 0 Å². The van der Waals surface area contributed by atoms with Gasteiger partial charge in [-0.2, -0.15) is 5.26 Å². The first-order chi connectivity index (χ1) is 12.3. The van der Waals surface area contributed by atoms with Crippen molar-refractivity contribution in [2.45, 2.75) is 70.6 Å². The van der Waals surface area contributed by atoms with E-state index in [1.165, 1.54) is 56.9 Å². The largest absolute Gasteiger partial charge is 0.381 e. The van der Waals surface area contributed by atoms with Crippen molar-refractivity contribution in [3.8, 4) is 6.07 Å². The smallest absolute Gasteiger partial charge is 0.0991 e. The summed E-state index contributed by atoms with van der Waals surface area (Å²) in [5.74, 6) is 1.52. The van der Waals surface area contributed by atoms with E-state index in [1.807, 2.05) is 12.1 Å². The molecule has 1 aliphatic rings. The second-order valence-electron chi connectivity index (χ2n) is 7.23. The molecule has 136 valence electrons. The summed E-state index contributed by atoms with van der Waals surface area (Å²) in [7, 11) is 0. The van der Waals surface area contributed by atoms with Crippen molar-refractivity contribution in [3.63, 3.8) is 0 Å². The lowest BCUT2D eigenvalue weighted by atomic mass is 9.77. The Bertz CT molecular complexity index is 532. The summed E-state index contributed by atoms with van der Waals surface area (Å²) in [5.41, 5.74) is 2.17. The summed E-state index contributed by atoms with van der Waals surface area (Å²) in [6.07, 6.45) is 15.7. The Morgan fingerprint density at radius 1 is 1.04 bits per heavy atom. The maximum atomic E-state index is 8.89. The molecule has 1 saturated carbocycles. The van der Waals surface area contributed by atoms with E-state index in [-0.39, 0.29) is 0 Å². The van der Waals surface area contributed by atoms with Crippen LogP contribution in [0.15, 0.2) is 36.4 Å². The van der Waals surface area contributed by atoms with E-state index in [9.17, 15) is 0 Å². The van der Waals surface area contributed by atoms with E-state index in [2.05, 4.69) is 37.3 Å². The molecule has 2 heteroatoms. The standard InChI is InChI=1S/C23H33NO/c1-2-3-4-5-6-7-17-25-18-16-20-8-12-22(13-9-20)23-14-10-21(19-24)11-15-23/h3-4,10-11,14-15,20,22H,2,5-9,12-13,16-18H2,1H3/b4-3+. The van der Waals surface area contributed by atoms with E-state index in [0.29, 0.717) is 5.92 Å². The highest BCUT2D eigenvalue weighted by atomic mass is 16.5. The molecule has 25 heavy (non-hydrogen) atoms. The van der Waals surface area contributed by atoms with Crippen molar-refractivity contribution in [2.24, 2.45) is 5.92 Å². The molecule has 2 nitrogen and oxygen atoms in total. The van der Waals surface area contributed by atoms with Crippen LogP contribution in [-0.2, 0) is 4.74 Å². The number of nitriles is 1. The van der Waals surface area contributed by atoms with Crippen LogP contribution in [0.1, 0.15) is 81.8 Å². The van der Waals surface area contributed by atoms with Crippen molar-refractivity contribution in [2.75, 3.05) is 13.2 Å². The Morgan fingerprint density at radius 3 is 2.48 bits per heavy atom. The monoisotopic (exact) mass is 339 g/mol. The Labute approximate surface area is 153 Å². The molecular formula is C23H33NO. The second-order valence-corrected chi connectivity index (χ2v) is 7.23. The number of unbranched alkanes of at least 4 members (excludes halogenated alkanes) is 2. The van der Waals surface area contributed by atoms with E-state index in [4.69, 9.17) is 10.00 Å². The summed E-state index contributed by atoms with van der Waals surface area (Å²) < 4.78 is 5.83. The number of benzene rings is 1. The number of rotatable bonds is 10. The average Bonchev–Trinajstić information content (AvgIpc) is 2.67. The van der Waals surface area contributed by atoms with Gasteiger partial charge in [-0.05, 0) is 87.3 Å². The van der Waals surface area contributed by atoms with Crippen LogP contribution in [0, 0.1) is 17.2 Å². The molecule has 0 unspecified atom stereocenters. The number of allylic oxidation sites excluding steroid dienone is 2. The topological polar surface area (TPSA) is 33.0 Å². The van der Waals surface area contributed by atoms with Crippen LogP contribution in [0.4, 0.5) is 0 Å². The predicted molar refractivity (Wildman–Crippen MR) is 105 cm³/mol. The van der Waals surface area contributed by atoms with Crippen LogP contribution < -0.4 is 0 Å². The quantitative estimate of drug-likeness (QED) is 0.366. The molecule has 2 rings (SSSR count). The van der Waals surface area contributed by atoms with Crippen LogP contribution in [0.25, 0.3) is 0 Å². The zero-order valence-electron chi connectivity index (χ0n) is 15.8. The van der Waals surface area contributed by atoms with Crippen LogP contribution >= 0.6 is 0 Å². The SMILES string of the molecule is CC/C=C/CCCCOCCC1CCC(c2ccc(C#N)cc2)CC1. The highest BCUT2D eigenvalue weighted by molar-refractivity contribution is 5.33. The molecule has 1 aromatic carbocycles. The van der Waals surface area contributed by atoms with Gasteiger partial charge in [-0.25, -0.2) is 0 Å². The van der Waals surface area contributed by atoms with E-state index in [1.54, 1.807) is 0 Å². The lowest BCUT2D eigenvalue weighted by Crippen LogP contribution is -2.15. The fourth-order valence-electron chi connectivity index (χ4n) is 3.72. The van der Waals surface area contributed by atoms with Gasteiger partial charge in [0.2, 0.25) is 0 Å². The Hall–Kier alpha value is -1.59. The third kappa shape index (κ3) is 7.45. The highest BCUT2D eigenvalue weighted by Gasteiger charge is 2.22. The third-order valence-corrected chi connectivity index (χ3v) is 5.34. The number of hydrogen-bond acceptors (Lipinski definition) is 2. The molecule has 0 amide bonds. The maximum absolute atomic E-state index is 8.89. The Morgan fingerprint density at radius 2 is 1.80 bits per heavy atom. The van der Waals surface area contributed by atoms with Gasteiger partial charge >= 0.3 is 0 Å². The molecular weight excluding hydrogens is 306 g/mol. The number of hydrogen-bond donors (Lipinski definition) is 0. The summed E-state index contributed by atoms with van der Waals surface area (Å²) in [6, 6.07) is 10.4. The summed E-state index contributed by atoms with van der Waals surface area (Å²) in [6.45, 7) is 4.02. The van der Waals surface area contributed by atoms with Gasteiger partial charge in [-0.15, -0.1) is 0 Å². The number of nitrogens with zero attached hydrogens (tertiary/aromatic N) is 1. The Kier molecular flexibility index (Phi) is 9.37. The molecule has 0 aliphatic heterocycles. The molecule has 0 radical (unpaired) electrons. The average molecular weight is 340 g/mol. The van der Waals surface area contributed by atoms with Crippen LogP contribution in [0.5, 0.6) is 0 Å². The minimum atomic E-state index is 0.682. The number of ether oxygens (including phenoxy) is 1. The first-order valence-electron chi connectivity index (χ1n) is 10.1. The fraction of sp³-hybridized carbons (Fsp3) is 0.609. The predicted octanol–water partition coefficient (Wildman–Crippen LogP) is 6.38.